The van der Waals surface area contributed by atoms with Crippen molar-refractivity contribution in [3.63, 3.8) is 0 Å². The number of hydrogen-bond acceptors (Lipinski definition) is 5. The summed E-state index contributed by atoms with van der Waals surface area (Å²) in [7, 11) is 2.81. The van der Waals surface area contributed by atoms with Crippen LogP contribution in [0.3, 0.4) is 0 Å². The fraction of sp³-hybridized carbons (Fsp3) is 0.0714. The van der Waals surface area contributed by atoms with Gasteiger partial charge in [0.1, 0.15) is 0 Å². The van der Waals surface area contributed by atoms with Crippen LogP contribution in [0.4, 0.5) is 5.69 Å². The SMILES string of the molecule is [C-]#[N+]c1cc2c3c(ccc4c5c(C#N)cc6c7c(ccc(c1c34)c75)C(=O)N(C)C6=O)C(=O)N(C)C2=O. The zero-order valence-corrected chi connectivity index (χ0v) is 18.9. The van der Waals surface area contributed by atoms with Gasteiger partial charge >= 0.3 is 0 Å². The van der Waals surface area contributed by atoms with Gasteiger partial charge in [-0.15, -0.1) is 0 Å². The largest absolute Gasteiger partial charge is 0.278 e. The first-order valence-electron chi connectivity index (χ1n) is 11.0. The molecule has 8 heteroatoms. The fourth-order valence-corrected chi connectivity index (χ4v) is 5.86. The Morgan fingerprint density at radius 3 is 1.67 bits per heavy atom. The average Bonchev–Trinajstić information content (AvgIpc) is 2.90. The molecule has 0 fully saturated rings. The van der Waals surface area contributed by atoms with Gasteiger partial charge in [0.15, 0.2) is 5.69 Å². The third-order valence-electron chi connectivity index (χ3n) is 7.46. The van der Waals surface area contributed by atoms with Crippen molar-refractivity contribution in [3.8, 4) is 6.07 Å². The maximum absolute atomic E-state index is 13.1. The molecule has 0 atom stereocenters. The van der Waals surface area contributed by atoms with E-state index in [2.05, 4.69) is 10.9 Å². The van der Waals surface area contributed by atoms with E-state index in [4.69, 9.17) is 6.57 Å². The summed E-state index contributed by atoms with van der Waals surface area (Å²) in [6.45, 7) is 7.90. The van der Waals surface area contributed by atoms with E-state index >= 15 is 0 Å². The molecule has 4 amide bonds. The molecule has 5 aromatic carbocycles. The molecule has 0 aliphatic carbocycles. The van der Waals surface area contributed by atoms with Crippen molar-refractivity contribution in [2.24, 2.45) is 0 Å². The van der Waals surface area contributed by atoms with E-state index in [0.717, 1.165) is 9.80 Å². The van der Waals surface area contributed by atoms with Gasteiger partial charge in [-0.2, -0.15) is 5.26 Å². The minimum absolute atomic E-state index is 0.211. The molecular weight excluding hydrogens is 456 g/mol. The second-order valence-corrected chi connectivity index (χ2v) is 9.05. The number of rotatable bonds is 0. The highest BCUT2D eigenvalue weighted by Crippen LogP contribution is 2.49. The molecule has 0 radical (unpaired) electrons. The Kier molecular flexibility index (Phi) is 3.46. The third kappa shape index (κ3) is 2.00. The lowest BCUT2D eigenvalue weighted by molar-refractivity contribution is 0.0635. The molecule has 5 aromatic rings. The van der Waals surface area contributed by atoms with Crippen LogP contribution in [0, 0.1) is 17.9 Å². The van der Waals surface area contributed by atoms with Crippen molar-refractivity contribution in [2.75, 3.05) is 14.1 Å². The summed E-state index contributed by atoms with van der Waals surface area (Å²) in [6, 6.07) is 11.9. The minimum atomic E-state index is -0.506. The van der Waals surface area contributed by atoms with Gasteiger partial charge < -0.3 is 0 Å². The van der Waals surface area contributed by atoms with E-state index in [9.17, 15) is 24.4 Å². The van der Waals surface area contributed by atoms with E-state index in [1.54, 1.807) is 24.3 Å². The molecule has 7 rings (SSSR count). The maximum atomic E-state index is 13.1. The van der Waals surface area contributed by atoms with Crippen LogP contribution in [-0.2, 0) is 0 Å². The molecule has 0 unspecified atom stereocenters. The van der Waals surface area contributed by atoms with E-state index in [1.807, 2.05) is 0 Å². The molecule has 0 spiro atoms. The van der Waals surface area contributed by atoms with Crippen LogP contribution in [0.2, 0.25) is 0 Å². The molecule has 36 heavy (non-hydrogen) atoms. The number of fused-ring (bicyclic) bond motifs is 2. The summed E-state index contributed by atoms with van der Waals surface area (Å²) >= 11 is 0. The number of imide groups is 2. The standard InChI is InChI=1S/C28H12N4O4/c1-30-18-9-17-21-15(26(34)32(3)28(17)36)6-4-12-19-11(10-29)8-16-20-14(25(33)31(2)27(16)35)7-5-13(23(19)20)22(18)24(12)21/h4-9H,2-3H3. The number of amides is 4. The van der Waals surface area contributed by atoms with Crippen LogP contribution in [0.25, 0.3) is 47.9 Å². The summed E-state index contributed by atoms with van der Waals surface area (Å²) in [5, 5.41) is 14.3. The lowest BCUT2D eigenvalue weighted by Gasteiger charge is -2.28. The number of benzene rings is 5. The second kappa shape index (κ2) is 6.21. The summed E-state index contributed by atoms with van der Waals surface area (Å²) in [4.78, 5) is 57.9. The Bertz CT molecular complexity index is 1930. The van der Waals surface area contributed by atoms with Gasteiger partial charge in [0, 0.05) is 52.5 Å². The number of carbonyl (C=O) groups excluding carboxylic acids is 4. The fourth-order valence-electron chi connectivity index (χ4n) is 5.86. The van der Waals surface area contributed by atoms with Crippen molar-refractivity contribution < 1.29 is 19.2 Å². The first-order valence-corrected chi connectivity index (χ1v) is 11.0. The average molecular weight is 468 g/mol. The van der Waals surface area contributed by atoms with Gasteiger partial charge in [-0.3, -0.25) is 29.0 Å². The lowest BCUT2D eigenvalue weighted by atomic mass is 9.80. The monoisotopic (exact) mass is 468 g/mol. The Morgan fingerprint density at radius 2 is 1.14 bits per heavy atom. The van der Waals surface area contributed by atoms with Gasteiger partial charge in [-0.05, 0) is 51.2 Å². The topological polar surface area (TPSA) is 103 Å². The number of nitriles is 1. The molecule has 0 saturated heterocycles. The number of carbonyl (C=O) groups is 4. The van der Waals surface area contributed by atoms with Crippen LogP contribution in [-0.4, -0.2) is 47.5 Å². The molecule has 0 bridgehead atoms. The van der Waals surface area contributed by atoms with E-state index < -0.39 is 23.6 Å². The van der Waals surface area contributed by atoms with Gasteiger partial charge in [0.25, 0.3) is 23.6 Å². The predicted molar refractivity (Wildman–Crippen MR) is 131 cm³/mol. The van der Waals surface area contributed by atoms with E-state index in [0.29, 0.717) is 54.2 Å². The summed E-state index contributed by atoms with van der Waals surface area (Å²) < 4.78 is 0. The highest BCUT2D eigenvalue weighted by Gasteiger charge is 2.36. The van der Waals surface area contributed by atoms with E-state index in [-0.39, 0.29) is 22.4 Å². The summed E-state index contributed by atoms with van der Waals surface area (Å²) in [5.74, 6) is -1.91. The Morgan fingerprint density at radius 1 is 0.667 bits per heavy atom. The molecule has 8 nitrogen and oxygen atoms in total. The summed E-state index contributed by atoms with van der Waals surface area (Å²) in [6.07, 6.45) is 0. The molecule has 2 aliphatic heterocycles. The molecule has 0 saturated carbocycles. The van der Waals surface area contributed by atoms with Crippen molar-refractivity contribution in [1.29, 1.82) is 5.26 Å². The highest BCUT2D eigenvalue weighted by atomic mass is 16.2. The van der Waals surface area contributed by atoms with Crippen molar-refractivity contribution in [1.82, 2.24) is 9.80 Å². The maximum Gasteiger partial charge on any atom is 0.261 e. The number of nitrogens with zero attached hydrogens (tertiary/aromatic N) is 4. The van der Waals surface area contributed by atoms with E-state index in [1.165, 1.54) is 26.2 Å². The van der Waals surface area contributed by atoms with Crippen LogP contribution in [0.5, 0.6) is 0 Å². The van der Waals surface area contributed by atoms with Crippen LogP contribution < -0.4 is 0 Å². The van der Waals surface area contributed by atoms with Gasteiger partial charge in [0.05, 0.1) is 18.2 Å². The second-order valence-electron chi connectivity index (χ2n) is 9.05. The normalized spacial score (nSPS) is 15.0. The molecular formula is C28H12N4O4. The smallest absolute Gasteiger partial charge is 0.261 e. The minimum Gasteiger partial charge on any atom is -0.278 e. The van der Waals surface area contributed by atoms with Crippen LogP contribution >= 0.6 is 0 Å². The van der Waals surface area contributed by atoms with Gasteiger partial charge in [0.2, 0.25) is 0 Å². The first-order chi connectivity index (χ1) is 17.3. The van der Waals surface area contributed by atoms with Crippen LogP contribution in [0.15, 0.2) is 36.4 Å². The molecule has 2 aliphatic rings. The lowest BCUT2D eigenvalue weighted by Crippen LogP contribution is -2.37. The Labute approximate surface area is 202 Å². The Balaban J connectivity index is 1.87. The Hall–Kier alpha value is -5.34. The van der Waals surface area contributed by atoms with Gasteiger partial charge in [-0.1, -0.05) is 12.1 Å². The van der Waals surface area contributed by atoms with Gasteiger partial charge in [-0.25, -0.2) is 4.85 Å². The van der Waals surface area contributed by atoms with Crippen LogP contribution in [0.1, 0.15) is 47.0 Å². The molecule has 2 heterocycles. The summed E-state index contributed by atoms with van der Waals surface area (Å²) in [5.41, 5.74) is 1.61. The highest BCUT2D eigenvalue weighted by molar-refractivity contribution is 6.43. The zero-order valence-electron chi connectivity index (χ0n) is 18.9. The van der Waals surface area contributed by atoms with Crippen molar-refractivity contribution in [2.45, 2.75) is 0 Å². The third-order valence-corrected chi connectivity index (χ3v) is 7.46. The zero-order chi connectivity index (χ0) is 25.2. The quantitative estimate of drug-likeness (QED) is 0.143. The first kappa shape index (κ1) is 20.1. The molecule has 0 N–H and O–H groups in total. The van der Waals surface area contributed by atoms with Crippen molar-refractivity contribution >= 4 is 72.4 Å². The molecule has 168 valence electrons. The molecule has 0 aromatic heterocycles. The van der Waals surface area contributed by atoms with Crippen molar-refractivity contribution in [3.05, 3.63) is 75.6 Å². The predicted octanol–water partition coefficient (Wildman–Crippen LogP) is 4.61. The number of hydrogen-bond donors (Lipinski definition) is 0.